The number of halogens is 3. The van der Waals surface area contributed by atoms with E-state index in [2.05, 4.69) is 5.32 Å². The van der Waals surface area contributed by atoms with Gasteiger partial charge in [0.1, 0.15) is 12.4 Å². The standard InChI is InChI=1S/C20H16Cl3NO/c21-16-6-3-4-14(10-16)13-25-20-7-2-1-5-15(20)12-24-17-8-9-18(22)19(23)11-17/h1-11,24H,12-13H2. The molecule has 0 aliphatic heterocycles. The molecule has 0 aliphatic carbocycles. The number of anilines is 1. The van der Waals surface area contributed by atoms with E-state index in [-0.39, 0.29) is 0 Å². The molecule has 0 amide bonds. The van der Waals surface area contributed by atoms with Crippen molar-refractivity contribution in [3.63, 3.8) is 0 Å². The van der Waals surface area contributed by atoms with Gasteiger partial charge in [-0.1, -0.05) is 65.1 Å². The van der Waals surface area contributed by atoms with Crippen LogP contribution >= 0.6 is 34.8 Å². The smallest absolute Gasteiger partial charge is 0.124 e. The molecule has 0 atom stereocenters. The summed E-state index contributed by atoms with van der Waals surface area (Å²) in [5.74, 6) is 0.829. The van der Waals surface area contributed by atoms with Crippen molar-refractivity contribution in [2.45, 2.75) is 13.2 Å². The van der Waals surface area contributed by atoms with Crippen molar-refractivity contribution in [1.82, 2.24) is 0 Å². The van der Waals surface area contributed by atoms with Gasteiger partial charge in [-0.25, -0.2) is 0 Å². The van der Waals surface area contributed by atoms with Gasteiger partial charge in [0.05, 0.1) is 10.0 Å². The number of benzene rings is 3. The number of nitrogens with one attached hydrogen (secondary N) is 1. The van der Waals surface area contributed by atoms with Gasteiger partial charge >= 0.3 is 0 Å². The Balaban J connectivity index is 1.67. The van der Waals surface area contributed by atoms with Gasteiger partial charge < -0.3 is 10.1 Å². The van der Waals surface area contributed by atoms with Crippen LogP contribution in [0.3, 0.4) is 0 Å². The van der Waals surface area contributed by atoms with E-state index in [0.717, 1.165) is 22.6 Å². The van der Waals surface area contributed by atoms with Crippen LogP contribution in [0.4, 0.5) is 5.69 Å². The van der Waals surface area contributed by atoms with Crippen LogP contribution in [0.25, 0.3) is 0 Å². The molecule has 0 aliphatic rings. The van der Waals surface area contributed by atoms with Crippen molar-refractivity contribution in [3.05, 3.63) is 92.9 Å². The lowest BCUT2D eigenvalue weighted by molar-refractivity contribution is 0.303. The Morgan fingerprint density at radius 2 is 1.64 bits per heavy atom. The van der Waals surface area contributed by atoms with E-state index < -0.39 is 0 Å². The maximum atomic E-state index is 6.05. The largest absolute Gasteiger partial charge is 0.489 e. The fraction of sp³-hybridized carbons (Fsp3) is 0.100. The predicted octanol–water partition coefficient (Wildman–Crippen LogP) is 6.84. The zero-order valence-corrected chi connectivity index (χ0v) is 15.6. The molecule has 3 aromatic rings. The van der Waals surface area contributed by atoms with Crippen LogP contribution in [0.5, 0.6) is 5.75 Å². The van der Waals surface area contributed by atoms with Crippen molar-refractivity contribution in [2.75, 3.05) is 5.32 Å². The highest BCUT2D eigenvalue weighted by molar-refractivity contribution is 6.42. The van der Waals surface area contributed by atoms with Gasteiger partial charge in [-0.2, -0.15) is 0 Å². The Morgan fingerprint density at radius 3 is 2.44 bits per heavy atom. The molecule has 25 heavy (non-hydrogen) atoms. The maximum Gasteiger partial charge on any atom is 0.124 e. The van der Waals surface area contributed by atoms with Crippen LogP contribution in [-0.2, 0) is 13.2 Å². The molecule has 0 spiro atoms. The maximum absolute atomic E-state index is 6.05. The normalized spacial score (nSPS) is 10.5. The van der Waals surface area contributed by atoms with Gasteiger partial charge in [0.2, 0.25) is 0 Å². The third kappa shape index (κ3) is 5.05. The van der Waals surface area contributed by atoms with Gasteiger partial charge in [-0.3, -0.25) is 0 Å². The highest BCUT2D eigenvalue weighted by Gasteiger charge is 2.05. The van der Waals surface area contributed by atoms with E-state index in [1.54, 1.807) is 12.1 Å². The molecule has 2 nitrogen and oxygen atoms in total. The minimum Gasteiger partial charge on any atom is -0.489 e. The lowest BCUT2D eigenvalue weighted by Gasteiger charge is -2.13. The number of para-hydroxylation sites is 1. The van der Waals surface area contributed by atoms with Crippen molar-refractivity contribution in [1.29, 1.82) is 0 Å². The van der Waals surface area contributed by atoms with E-state index in [0.29, 0.717) is 28.2 Å². The molecule has 3 aromatic carbocycles. The van der Waals surface area contributed by atoms with Crippen LogP contribution in [-0.4, -0.2) is 0 Å². The molecule has 0 bridgehead atoms. The minimum absolute atomic E-state index is 0.463. The molecule has 128 valence electrons. The first kappa shape index (κ1) is 17.9. The van der Waals surface area contributed by atoms with Crippen LogP contribution in [0, 0.1) is 0 Å². The Labute approximate surface area is 162 Å². The summed E-state index contributed by atoms with van der Waals surface area (Å²) in [5.41, 5.74) is 2.98. The molecular weight excluding hydrogens is 377 g/mol. The van der Waals surface area contributed by atoms with Gasteiger partial charge in [0.15, 0.2) is 0 Å². The molecule has 0 aromatic heterocycles. The SMILES string of the molecule is Clc1cccc(COc2ccccc2CNc2ccc(Cl)c(Cl)c2)c1. The lowest BCUT2D eigenvalue weighted by atomic mass is 10.2. The highest BCUT2D eigenvalue weighted by Crippen LogP contribution is 2.26. The molecular formula is C20H16Cl3NO. The molecule has 0 heterocycles. The number of hydrogen-bond donors (Lipinski definition) is 1. The first-order valence-electron chi connectivity index (χ1n) is 7.76. The van der Waals surface area contributed by atoms with Gasteiger partial charge in [0, 0.05) is 22.8 Å². The summed E-state index contributed by atoms with van der Waals surface area (Å²) in [5, 5.41) is 5.10. The summed E-state index contributed by atoms with van der Waals surface area (Å²) < 4.78 is 5.96. The molecule has 3 rings (SSSR count). The van der Waals surface area contributed by atoms with E-state index in [1.807, 2.05) is 54.6 Å². The molecule has 0 saturated carbocycles. The summed E-state index contributed by atoms with van der Waals surface area (Å²) in [6.07, 6.45) is 0. The monoisotopic (exact) mass is 391 g/mol. The summed E-state index contributed by atoms with van der Waals surface area (Å²) in [4.78, 5) is 0. The van der Waals surface area contributed by atoms with E-state index in [4.69, 9.17) is 39.5 Å². The van der Waals surface area contributed by atoms with Crippen LogP contribution in [0.2, 0.25) is 15.1 Å². The zero-order chi connectivity index (χ0) is 17.6. The van der Waals surface area contributed by atoms with Gasteiger partial charge in [-0.15, -0.1) is 0 Å². The van der Waals surface area contributed by atoms with Crippen molar-refractivity contribution in [2.24, 2.45) is 0 Å². The third-order valence-electron chi connectivity index (χ3n) is 3.66. The number of hydrogen-bond acceptors (Lipinski definition) is 2. The number of rotatable bonds is 6. The first-order chi connectivity index (χ1) is 12.1. The second-order valence-corrected chi connectivity index (χ2v) is 6.76. The number of ether oxygens (including phenoxy) is 1. The van der Waals surface area contributed by atoms with Gasteiger partial charge in [0.25, 0.3) is 0 Å². The van der Waals surface area contributed by atoms with E-state index >= 15 is 0 Å². The van der Waals surface area contributed by atoms with Crippen molar-refractivity contribution >= 4 is 40.5 Å². The minimum atomic E-state index is 0.463. The Morgan fingerprint density at radius 1 is 0.800 bits per heavy atom. The predicted molar refractivity (Wildman–Crippen MR) is 106 cm³/mol. The lowest BCUT2D eigenvalue weighted by Crippen LogP contribution is -2.03. The summed E-state index contributed by atoms with van der Waals surface area (Å²) in [6, 6.07) is 21.0. The topological polar surface area (TPSA) is 21.3 Å². The highest BCUT2D eigenvalue weighted by atomic mass is 35.5. The third-order valence-corrected chi connectivity index (χ3v) is 4.63. The average Bonchev–Trinajstić information content (AvgIpc) is 2.62. The molecule has 0 unspecified atom stereocenters. The molecule has 0 fully saturated rings. The summed E-state index contributed by atoms with van der Waals surface area (Å²) in [7, 11) is 0. The molecule has 0 radical (unpaired) electrons. The Hall–Kier alpha value is -1.87. The molecule has 5 heteroatoms. The fourth-order valence-electron chi connectivity index (χ4n) is 2.38. The Kier molecular flexibility index (Phi) is 6.09. The first-order valence-corrected chi connectivity index (χ1v) is 8.89. The van der Waals surface area contributed by atoms with Crippen LogP contribution < -0.4 is 10.1 Å². The van der Waals surface area contributed by atoms with Crippen LogP contribution in [0.15, 0.2) is 66.7 Å². The van der Waals surface area contributed by atoms with Crippen LogP contribution in [0.1, 0.15) is 11.1 Å². The summed E-state index contributed by atoms with van der Waals surface area (Å²) in [6.45, 7) is 1.08. The van der Waals surface area contributed by atoms with E-state index in [1.165, 1.54) is 0 Å². The fourth-order valence-corrected chi connectivity index (χ4v) is 2.89. The molecule has 1 N–H and O–H groups in total. The zero-order valence-electron chi connectivity index (χ0n) is 13.3. The van der Waals surface area contributed by atoms with Crippen molar-refractivity contribution < 1.29 is 4.74 Å². The van der Waals surface area contributed by atoms with E-state index in [9.17, 15) is 0 Å². The second kappa shape index (κ2) is 8.48. The Bertz CT molecular complexity index is 867. The summed E-state index contributed by atoms with van der Waals surface area (Å²) >= 11 is 18.0. The molecule has 0 saturated heterocycles. The van der Waals surface area contributed by atoms with Crippen molar-refractivity contribution in [3.8, 4) is 5.75 Å². The average molecular weight is 393 g/mol. The quantitative estimate of drug-likeness (QED) is 0.496. The second-order valence-electron chi connectivity index (χ2n) is 5.51. The van der Waals surface area contributed by atoms with Gasteiger partial charge in [-0.05, 0) is 42.0 Å².